The Kier molecular flexibility index (Phi) is 2.27. The van der Waals surface area contributed by atoms with Crippen LogP contribution >= 0.6 is 0 Å². The van der Waals surface area contributed by atoms with Crippen molar-refractivity contribution in [1.82, 2.24) is 14.4 Å². The van der Waals surface area contributed by atoms with E-state index in [1.165, 1.54) is 7.05 Å². The maximum absolute atomic E-state index is 7.40. The van der Waals surface area contributed by atoms with E-state index in [2.05, 4.69) is 9.97 Å². The van der Waals surface area contributed by atoms with Crippen LogP contribution in [0, 0.1) is 0 Å². The first-order chi connectivity index (χ1) is 10.9. The van der Waals surface area contributed by atoms with Crippen LogP contribution in [-0.2, 0) is 0 Å². The van der Waals surface area contributed by atoms with Crippen molar-refractivity contribution >= 4 is 11.5 Å². The van der Waals surface area contributed by atoms with E-state index in [1.54, 1.807) is 19.4 Å². The maximum Gasteiger partial charge on any atom is 0.137 e. The highest BCUT2D eigenvalue weighted by Crippen LogP contribution is 2.21. The molecule has 0 aromatic carbocycles. The Morgan fingerprint density at radius 1 is 1.25 bits per heavy atom. The predicted octanol–water partition coefficient (Wildman–Crippen LogP) is 2.47. The van der Waals surface area contributed by atoms with Crippen molar-refractivity contribution < 1.29 is 8.85 Å². The molecule has 3 aromatic rings. The molecule has 0 N–H and O–H groups in total. The van der Waals surface area contributed by atoms with E-state index in [9.17, 15) is 0 Å². The first-order valence-electron chi connectivity index (χ1n) is 7.61. The Balaban J connectivity index is 1.93. The molecule has 5 heteroatoms. The fourth-order valence-electron chi connectivity index (χ4n) is 1.97. The minimum atomic E-state index is -2.21. The van der Waals surface area contributed by atoms with E-state index < -0.39 is 6.98 Å². The molecule has 20 heavy (non-hydrogen) atoms. The van der Waals surface area contributed by atoms with Gasteiger partial charge in [0.2, 0.25) is 0 Å². The molecule has 0 radical (unpaired) electrons. The third-order valence-corrected chi connectivity index (χ3v) is 3.05. The summed E-state index contributed by atoms with van der Waals surface area (Å²) in [5, 5.41) is 0. The molecule has 0 saturated carbocycles. The van der Waals surface area contributed by atoms with Gasteiger partial charge in [-0.15, -0.1) is 0 Å². The van der Waals surface area contributed by atoms with Crippen LogP contribution in [0.5, 0.6) is 5.75 Å². The van der Waals surface area contributed by atoms with Gasteiger partial charge in [-0.2, -0.15) is 0 Å². The van der Waals surface area contributed by atoms with Crippen molar-refractivity contribution in [2.24, 2.45) is 0 Å². The second-order valence-corrected chi connectivity index (χ2v) is 4.42. The number of hydrogen-bond donors (Lipinski definition) is 0. The summed E-state index contributed by atoms with van der Waals surface area (Å²) in [6, 6.07) is 7.20. The molecule has 3 aromatic heterocycles. The largest absolute Gasteiger partial charge is 0.495 e. The molecule has 0 spiro atoms. The Bertz CT molecular complexity index is 827. The molecule has 0 unspecified atom stereocenters. The lowest BCUT2D eigenvalue weighted by atomic mass is 10.2. The third-order valence-electron chi connectivity index (χ3n) is 3.05. The van der Waals surface area contributed by atoms with E-state index >= 15 is 0 Å². The second-order valence-electron chi connectivity index (χ2n) is 4.42. The SMILES string of the molecule is [3H]C([3H])([3H])N(C)c1ccc(-c2cn3cc(OC)ccc3n2)cn1. The summed E-state index contributed by atoms with van der Waals surface area (Å²) < 4.78 is 29.3. The summed E-state index contributed by atoms with van der Waals surface area (Å²) in [5.41, 5.74) is 2.37. The predicted molar refractivity (Wildman–Crippen MR) is 79.3 cm³/mol. The Labute approximate surface area is 121 Å². The summed E-state index contributed by atoms with van der Waals surface area (Å²) in [6.07, 6.45) is 5.34. The molecule has 0 aliphatic heterocycles. The van der Waals surface area contributed by atoms with Gasteiger partial charge < -0.3 is 14.0 Å². The molecule has 0 saturated heterocycles. The zero-order valence-electron chi connectivity index (χ0n) is 14.2. The van der Waals surface area contributed by atoms with Gasteiger partial charge in [0.25, 0.3) is 0 Å². The molecular weight excluding hydrogens is 252 g/mol. The number of fused-ring (bicyclic) bond motifs is 1. The molecular formula is C15H16N4O. The van der Waals surface area contributed by atoms with Gasteiger partial charge in [0.05, 0.1) is 19.0 Å². The van der Waals surface area contributed by atoms with Crippen molar-refractivity contribution in [3.05, 3.63) is 42.9 Å². The lowest BCUT2D eigenvalue weighted by Crippen LogP contribution is -2.09. The average molecular weight is 274 g/mol. The Hall–Kier alpha value is -2.56. The molecule has 0 aliphatic rings. The number of ether oxygens (including phenoxy) is 1. The first kappa shape index (κ1) is 9.36. The minimum Gasteiger partial charge on any atom is -0.495 e. The highest BCUT2D eigenvalue weighted by atomic mass is 16.5. The molecule has 102 valence electrons. The van der Waals surface area contributed by atoms with E-state index in [0.717, 1.165) is 27.6 Å². The van der Waals surface area contributed by atoms with Gasteiger partial charge in [-0.1, -0.05) is 0 Å². The van der Waals surface area contributed by atoms with Gasteiger partial charge in [-0.3, -0.25) is 0 Å². The van der Waals surface area contributed by atoms with Gasteiger partial charge in [-0.25, -0.2) is 9.97 Å². The molecule has 0 aliphatic carbocycles. The van der Waals surface area contributed by atoms with Crippen LogP contribution < -0.4 is 9.64 Å². The van der Waals surface area contributed by atoms with Crippen LogP contribution in [-0.4, -0.2) is 35.5 Å². The summed E-state index contributed by atoms with van der Waals surface area (Å²) in [7, 11) is 3.11. The molecule has 0 fully saturated rings. The van der Waals surface area contributed by atoms with Gasteiger partial charge >= 0.3 is 0 Å². The Morgan fingerprint density at radius 2 is 2.15 bits per heavy atom. The number of hydrogen-bond acceptors (Lipinski definition) is 4. The van der Waals surface area contributed by atoms with Crippen molar-refractivity contribution in [2.45, 2.75) is 0 Å². The molecule has 0 bridgehead atoms. The highest BCUT2D eigenvalue weighted by Gasteiger charge is 2.06. The fourth-order valence-corrected chi connectivity index (χ4v) is 1.97. The molecule has 5 nitrogen and oxygen atoms in total. The van der Waals surface area contributed by atoms with Crippen LogP contribution in [0.3, 0.4) is 0 Å². The molecule has 3 rings (SSSR count). The average Bonchev–Trinajstić information content (AvgIpc) is 2.96. The molecule has 3 heterocycles. The lowest BCUT2D eigenvalue weighted by molar-refractivity contribution is 0.412. The van der Waals surface area contributed by atoms with Gasteiger partial charge in [0, 0.05) is 36.1 Å². The smallest absolute Gasteiger partial charge is 0.137 e. The Morgan fingerprint density at radius 3 is 2.85 bits per heavy atom. The van der Waals surface area contributed by atoms with Crippen LogP contribution in [0.4, 0.5) is 5.82 Å². The zero-order valence-corrected chi connectivity index (χ0v) is 11.2. The number of aromatic nitrogens is 3. The van der Waals surface area contributed by atoms with Crippen LogP contribution in [0.15, 0.2) is 42.9 Å². The minimum absolute atomic E-state index is 0.388. The van der Waals surface area contributed by atoms with E-state index in [0.29, 0.717) is 5.82 Å². The highest BCUT2D eigenvalue weighted by molar-refractivity contribution is 5.63. The number of anilines is 1. The van der Waals surface area contributed by atoms with Crippen molar-refractivity contribution in [3.63, 3.8) is 0 Å². The number of rotatable bonds is 3. The first-order valence-corrected chi connectivity index (χ1v) is 6.11. The summed E-state index contributed by atoms with van der Waals surface area (Å²) in [6.45, 7) is -2.21. The number of methoxy groups -OCH3 is 1. The second kappa shape index (κ2) is 4.85. The fraction of sp³-hybridized carbons (Fsp3) is 0.200. The van der Waals surface area contributed by atoms with E-state index in [1.807, 2.05) is 35.0 Å². The van der Waals surface area contributed by atoms with E-state index in [4.69, 9.17) is 8.85 Å². The molecule has 0 atom stereocenters. The summed E-state index contributed by atoms with van der Waals surface area (Å²) >= 11 is 0. The van der Waals surface area contributed by atoms with Crippen LogP contribution in [0.2, 0.25) is 0 Å². The molecule has 0 amide bonds. The van der Waals surface area contributed by atoms with Crippen LogP contribution in [0.25, 0.3) is 16.9 Å². The third kappa shape index (κ3) is 2.18. The quantitative estimate of drug-likeness (QED) is 0.736. The normalized spacial score (nSPS) is 13.6. The topological polar surface area (TPSA) is 42.7 Å². The monoisotopic (exact) mass is 274 g/mol. The summed E-state index contributed by atoms with van der Waals surface area (Å²) in [5.74, 6) is 1.13. The zero-order chi connectivity index (χ0) is 16.6. The van der Waals surface area contributed by atoms with Crippen LogP contribution in [0.1, 0.15) is 4.11 Å². The van der Waals surface area contributed by atoms with Gasteiger partial charge in [0.15, 0.2) is 0 Å². The van der Waals surface area contributed by atoms with Gasteiger partial charge in [0.1, 0.15) is 17.2 Å². The van der Waals surface area contributed by atoms with Crippen molar-refractivity contribution in [2.75, 3.05) is 26.0 Å². The maximum atomic E-state index is 7.40. The standard InChI is InChI=1S/C15H16N4O/c1-18(2)14-6-4-11(8-16-14)13-10-19-9-12(20-3)5-7-15(19)17-13/h4-10H,1-3H3/i1T3. The number of imidazole rings is 1. The van der Waals surface area contributed by atoms with Crippen molar-refractivity contribution in [3.8, 4) is 17.0 Å². The summed E-state index contributed by atoms with van der Waals surface area (Å²) in [4.78, 5) is 9.90. The van der Waals surface area contributed by atoms with E-state index in [-0.39, 0.29) is 0 Å². The number of nitrogens with zero attached hydrogens (tertiary/aromatic N) is 4. The lowest BCUT2D eigenvalue weighted by Gasteiger charge is -2.10. The number of pyridine rings is 2. The van der Waals surface area contributed by atoms with Crippen molar-refractivity contribution in [1.29, 1.82) is 0 Å². The van der Waals surface area contributed by atoms with Gasteiger partial charge in [-0.05, 0) is 24.3 Å².